The van der Waals surface area contributed by atoms with E-state index in [4.69, 9.17) is 4.74 Å². The highest BCUT2D eigenvalue weighted by Crippen LogP contribution is 2.29. The fourth-order valence-electron chi connectivity index (χ4n) is 1.98. The molecule has 17 heavy (non-hydrogen) atoms. The molecule has 0 saturated carbocycles. The van der Waals surface area contributed by atoms with E-state index in [1.807, 2.05) is 30.3 Å². The molecular weight excluding hydrogens is 214 g/mol. The summed E-state index contributed by atoms with van der Waals surface area (Å²) >= 11 is 0. The zero-order valence-electron chi connectivity index (χ0n) is 9.22. The van der Waals surface area contributed by atoms with E-state index in [0.29, 0.717) is 24.3 Å². The number of nitrogens with zero attached hydrogens (tertiary/aromatic N) is 1. The first-order valence-electron chi connectivity index (χ1n) is 5.55. The third kappa shape index (κ3) is 1.80. The predicted octanol–water partition coefficient (Wildman–Crippen LogP) is 2.71. The minimum Gasteiger partial charge on any atom is -0.492 e. The van der Waals surface area contributed by atoms with Crippen LogP contribution in [0.2, 0.25) is 0 Å². The largest absolute Gasteiger partial charge is 0.492 e. The molecule has 3 heteroatoms. The molecule has 0 N–H and O–H groups in total. The SMILES string of the molecule is O=C1CCOc2ccc(-c3cccnc3)cc21. The van der Waals surface area contributed by atoms with Crippen LogP contribution in [0.5, 0.6) is 5.75 Å². The van der Waals surface area contributed by atoms with Gasteiger partial charge in [-0.15, -0.1) is 0 Å². The standard InChI is InChI=1S/C14H11NO2/c16-13-5-7-17-14-4-3-10(8-12(13)14)11-2-1-6-15-9-11/h1-4,6,8-9H,5,7H2. The Morgan fingerprint density at radius 3 is 2.94 bits per heavy atom. The monoisotopic (exact) mass is 225 g/mol. The highest BCUT2D eigenvalue weighted by molar-refractivity contribution is 6.00. The summed E-state index contributed by atoms with van der Waals surface area (Å²) in [5.74, 6) is 0.839. The van der Waals surface area contributed by atoms with Crippen LogP contribution in [-0.2, 0) is 0 Å². The maximum Gasteiger partial charge on any atom is 0.170 e. The Hall–Kier alpha value is -2.16. The summed E-state index contributed by atoms with van der Waals surface area (Å²) in [5.41, 5.74) is 2.68. The summed E-state index contributed by atoms with van der Waals surface area (Å²) in [6.45, 7) is 0.484. The zero-order valence-corrected chi connectivity index (χ0v) is 9.22. The molecule has 3 nitrogen and oxygen atoms in total. The van der Waals surface area contributed by atoms with Crippen molar-refractivity contribution in [2.75, 3.05) is 6.61 Å². The topological polar surface area (TPSA) is 39.2 Å². The Morgan fingerprint density at radius 2 is 2.12 bits per heavy atom. The summed E-state index contributed by atoms with van der Waals surface area (Å²) in [7, 11) is 0. The van der Waals surface area contributed by atoms with E-state index < -0.39 is 0 Å². The number of fused-ring (bicyclic) bond motifs is 1. The number of hydrogen-bond donors (Lipinski definition) is 0. The van der Waals surface area contributed by atoms with Gasteiger partial charge in [0.1, 0.15) is 5.75 Å². The van der Waals surface area contributed by atoms with Crippen molar-refractivity contribution < 1.29 is 9.53 Å². The molecule has 0 atom stereocenters. The fourth-order valence-corrected chi connectivity index (χ4v) is 1.98. The quantitative estimate of drug-likeness (QED) is 0.749. The molecule has 3 rings (SSSR count). The molecule has 1 aliphatic heterocycles. The van der Waals surface area contributed by atoms with Gasteiger partial charge in [0.2, 0.25) is 0 Å². The van der Waals surface area contributed by atoms with E-state index >= 15 is 0 Å². The van der Waals surface area contributed by atoms with Crippen LogP contribution in [-0.4, -0.2) is 17.4 Å². The molecule has 2 aromatic rings. The minimum absolute atomic E-state index is 0.150. The average molecular weight is 225 g/mol. The molecule has 0 saturated heterocycles. The van der Waals surface area contributed by atoms with Gasteiger partial charge in [-0.1, -0.05) is 12.1 Å². The van der Waals surface area contributed by atoms with Crippen LogP contribution in [0.4, 0.5) is 0 Å². The Kier molecular flexibility index (Phi) is 2.37. The van der Waals surface area contributed by atoms with E-state index in [1.165, 1.54) is 0 Å². The van der Waals surface area contributed by atoms with Gasteiger partial charge in [-0.2, -0.15) is 0 Å². The summed E-state index contributed by atoms with van der Waals surface area (Å²) in [6, 6.07) is 9.55. The van der Waals surface area contributed by atoms with Gasteiger partial charge < -0.3 is 4.74 Å². The van der Waals surface area contributed by atoms with Crippen LogP contribution in [0.15, 0.2) is 42.7 Å². The summed E-state index contributed by atoms with van der Waals surface area (Å²) in [5, 5.41) is 0. The average Bonchev–Trinajstić information content (AvgIpc) is 2.40. The zero-order chi connectivity index (χ0) is 11.7. The molecule has 1 aromatic carbocycles. The van der Waals surface area contributed by atoms with Crippen LogP contribution in [0, 0.1) is 0 Å². The van der Waals surface area contributed by atoms with Crippen LogP contribution < -0.4 is 4.74 Å². The number of carbonyl (C=O) groups is 1. The van der Waals surface area contributed by atoms with E-state index in [-0.39, 0.29) is 5.78 Å². The van der Waals surface area contributed by atoms with Gasteiger partial charge in [-0.25, -0.2) is 0 Å². The maximum atomic E-state index is 11.8. The summed E-state index contributed by atoms with van der Waals surface area (Å²) in [4.78, 5) is 15.8. The summed E-state index contributed by atoms with van der Waals surface area (Å²) < 4.78 is 5.45. The second kappa shape index (κ2) is 4.01. The minimum atomic E-state index is 0.150. The van der Waals surface area contributed by atoms with Crippen molar-refractivity contribution in [2.45, 2.75) is 6.42 Å². The maximum absolute atomic E-state index is 11.8. The molecule has 0 spiro atoms. The number of hydrogen-bond acceptors (Lipinski definition) is 3. The van der Waals surface area contributed by atoms with Gasteiger partial charge in [-0.3, -0.25) is 9.78 Å². The van der Waals surface area contributed by atoms with Crippen LogP contribution in [0.3, 0.4) is 0 Å². The second-order valence-electron chi connectivity index (χ2n) is 3.97. The van der Waals surface area contributed by atoms with Gasteiger partial charge in [-0.05, 0) is 23.8 Å². The Labute approximate surface area is 99.1 Å². The third-order valence-electron chi connectivity index (χ3n) is 2.86. The Balaban J connectivity index is 2.09. The predicted molar refractivity (Wildman–Crippen MR) is 64.1 cm³/mol. The van der Waals surface area contributed by atoms with E-state index in [9.17, 15) is 4.79 Å². The van der Waals surface area contributed by atoms with Gasteiger partial charge in [0, 0.05) is 24.4 Å². The molecule has 0 fully saturated rings. The van der Waals surface area contributed by atoms with Crippen molar-refractivity contribution in [3.63, 3.8) is 0 Å². The molecule has 1 aromatic heterocycles. The molecule has 0 bridgehead atoms. The number of carbonyl (C=O) groups excluding carboxylic acids is 1. The summed E-state index contributed by atoms with van der Waals surface area (Å²) in [6.07, 6.45) is 3.98. The van der Waals surface area contributed by atoms with E-state index in [1.54, 1.807) is 12.4 Å². The lowest BCUT2D eigenvalue weighted by molar-refractivity contribution is 0.0933. The fraction of sp³-hybridized carbons (Fsp3) is 0.143. The van der Waals surface area contributed by atoms with E-state index in [0.717, 1.165) is 11.1 Å². The van der Waals surface area contributed by atoms with Crippen molar-refractivity contribution in [2.24, 2.45) is 0 Å². The van der Waals surface area contributed by atoms with E-state index in [2.05, 4.69) is 4.98 Å². The molecule has 0 aliphatic carbocycles. The molecular formula is C14H11NO2. The molecule has 0 unspecified atom stereocenters. The smallest absolute Gasteiger partial charge is 0.170 e. The first kappa shape index (κ1) is 10.0. The Morgan fingerprint density at radius 1 is 1.18 bits per heavy atom. The van der Waals surface area contributed by atoms with Crippen LogP contribution >= 0.6 is 0 Å². The number of aromatic nitrogens is 1. The molecule has 1 aliphatic rings. The highest BCUT2D eigenvalue weighted by Gasteiger charge is 2.18. The normalized spacial score (nSPS) is 14.0. The van der Waals surface area contributed by atoms with Crippen molar-refractivity contribution >= 4 is 5.78 Å². The molecule has 0 radical (unpaired) electrons. The van der Waals surface area contributed by atoms with Gasteiger partial charge in [0.15, 0.2) is 5.78 Å². The van der Waals surface area contributed by atoms with Crippen molar-refractivity contribution in [3.05, 3.63) is 48.3 Å². The first-order valence-corrected chi connectivity index (χ1v) is 5.55. The highest BCUT2D eigenvalue weighted by atomic mass is 16.5. The van der Waals surface area contributed by atoms with Crippen molar-refractivity contribution in [1.29, 1.82) is 0 Å². The van der Waals surface area contributed by atoms with Crippen molar-refractivity contribution in [1.82, 2.24) is 4.98 Å². The number of Topliss-reactive ketones (excluding diaryl/α,β-unsaturated/α-hetero) is 1. The molecule has 2 heterocycles. The number of ketones is 1. The lowest BCUT2D eigenvalue weighted by Crippen LogP contribution is -2.15. The first-order chi connectivity index (χ1) is 8.34. The third-order valence-corrected chi connectivity index (χ3v) is 2.86. The van der Waals surface area contributed by atoms with Gasteiger partial charge in [0.05, 0.1) is 12.2 Å². The van der Waals surface area contributed by atoms with Gasteiger partial charge >= 0.3 is 0 Å². The number of pyridine rings is 1. The van der Waals surface area contributed by atoms with Crippen LogP contribution in [0.1, 0.15) is 16.8 Å². The number of ether oxygens (including phenoxy) is 1. The van der Waals surface area contributed by atoms with Crippen LogP contribution in [0.25, 0.3) is 11.1 Å². The molecule has 84 valence electrons. The number of rotatable bonds is 1. The van der Waals surface area contributed by atoms with Crippen molar-refractivity contribution in [3.8, 4) is 16.9 Å². The Bertz CT molecular complexity index is 564. The second-order valence-corrected chi connectivity index (χ2v) is 3.97. The lowest BCUT2D eigenvalue weighted by Gasteiger charge is -2.16. The lowest BCUT2D eigenvalue weighted by atomic mass is 9.99. The van der Waals surface area contributed by atoms with Gasteiger partial charge in [0.25, 0.3) is 0 Å². The molecule has 0 amide bonds. The number of benzene rings is 1.